The highest BCUT2D eigenvalue weighted by Gasteiger charge is 2.08. The number of aromatic carboxylic acids is 1. The molecule has 1 heterocycles. The lowest BCUT2D eigenvalue weighted by atomic mass is 10.2. The minimum Gasteiger partial charge on any atom is -0.510 e. The van der Waals surface area contributed by atoms with Crippen molar-refractivity contribution in [1.82, 2.24) is 0 Å². The average molecular weight is 205 g/mol. The Bertz CT molecular complexity index is 504. The van der Waals surface area contributed by atoms with Crippen LogP contribution in [0, 0.1) is 0 Å². The van der Waals surface area contributed by atoms with Crippen LogP contribution in [0.3, 0.4) is 0 Å². The normalized spacial score (nSPS) is 10.2. The summed E-state index contributed by atoms with van der Waals surface area (Å²) in [4.78, 5) is 10.7. The van der Waals surface area contributed by atoms with E-state index in [1.54, 1.807) is 12.1 Å². The lowest BCUT2D eigenvalue weighted by Crippen LogP contribution is -1.97. The summed E-state index contributed by atoms with van der Waals surface area (Å²) in [5.41, 5.74) is 0.531. The highest BCUT2D eigenvalue weighted by atomic mass is 16.6. The summed E-state index contributed by atoms with van der Waals surface area (Å²) >= 11 is 0. The third-order valence-corrected chi connectivity index (χ3v) is 1.91. The zero-order valence-electron chi connectivity index (χ0n) is 7.51. The Kier molecular flexibility index (Phi) is 2.35. The predicted molar refractivity (Wildman–Crippen MR) is 51.8 cm³/mol. The summed E-state index contributed by atoms with van der Waals surface area (Å²) < 4.78 is 9.73. The number of carbonyl (C=O) groups is 1. The van der Waals surface area contributed by atoms with E-state index >= 15 is 0 Å². The highest BCUT2D eigenvalue weighted by molar-refractivity contribution is 6.17. The molecule has 2 aromatic rings. The summed E-state index contributed by atoms with van der Waals surface area (Å²) in [6.07, 6.45) is 0. The van der Waals surface area contributed by atoms with Gasteiger partial charge in [-0.2, -0.15) is 0 Å². The van der Waals surface area contributed by atoms with Crippen molar-refractivity contribution in [2.24, 2.45) is 0 Å². The standard InChI is InChI=1S/C9H6BO5/c11-9(12)6-2-1-5-4-8(15-10-13)14-7(5)3-6/h1-4,13H,(H,11,12). The first-order valence-electron chi connectivity index (χ1n) is 4.10. The molecule has 75 valence electrons. The second kappa shape index (κ2) is 3.66. The number of benzene rings is 1. The van der Waals surface area contributed by atoms with Crippen LogP contribution in [-0.4, -0.2) is 23.8 Å². The van der Waals surface area contributed by atoms with E-state index in [1.165, 1.54) is 12.1 Å². The van der Waals surface area contributed by atoms with Crippen LogP contribution in [0.15, 0.2) is 28.7 Å². The molecule has 0 atom stereocenters. The largest absolute Gasteiger partial charge is 0.571 e. The zero-order valence-corrected chi connectivity index (χ0v) is 7.51. The van der Waals surface area contributed by atoms with Crippen LogP contribution in [0.5, 0.6) is 5.95 Å². The first-order chi connectivity index (χ1) is 7.20. The van der Waals surface area contributed by atoms with E-state index in [9.17, 15) is 4.79 Å². The number of furan rings is 1. The number of carboxylic acids is 1. The van der Waals surface area contributed by atoms with Gasteiger partial charge in [0.25, 0.3) is 5.95 Å². The fourth-order valence-electron chi connectivity index (χ4n) is 1.25. The molecule has 1 aromatic heterocycles. The van der Waals surface area contributed by atoms with Gasteiger partial charge in [-0.05, 0) is 12.1 Å². The molecule has 0 bridgehead atoms. The van der Waals surface area contributed by atoms with Crippen LogP contribution < -0.4 is 4.65 Å². The van der Waals surface area contributed by atoms with Gasteiger partial charge in [0.2, 0.25) is 0 Å². The minimum absolute atomic E-state index is 0.107. The number of carboxylic acid groups (broad SMARTS) is 1. The molecule has 15 heavy (non-hydrogen) atoms. The van der Waals surface area contributed by atoms with Gasteiger partial charge >= 0.3 is 13.7 Å². The van der Waals surface area contributed by atoms with Gasteiger partial charge in [0.15, 0.2) is 0 Å². The molecule has 0 fully saturated rings. The molecule has 2 N–H and O–H groups in total. The lowest BCUT2D eigenvalue weighted by Gasteiger charge is -1.93. The monoisotopic (exact) mass is 205 g/mol. The summed E-state index contributed by atoms with van der Waals surface area (Å²) in [6.45, 7) is 0. The van der Waals surface area contributed by atoms with Crippen molar-refractivity contribution in [2.75, 3.05) is 0 Å². The molecule has 1 aromatic carbocycles. The highest BCUT2D eigenvalue weighted by Crippen LogP contribution is 2.25. The molecule has 6 heteroatoms. The van der Waals surface area contributed by atoms with Gasteiger partial charge in [-0.1, -0.05) is 6.07 Å². The van der Waals surface area contributed by atoms with E-state index in [1.807, 2.05) is 0 Å². The smallest absolute Gasteiger partial charge is 0.510 e. The van der Waals surface area contributed by atoms with Gasteiger partial charge in [0, 0.05) is 11.5 Å². The van der Waals surface area contributed by atoms with Gasteiger partial charge in [-0.3, -0.25) is 0 Å². The van der Waals surface area contributed by atoms with E-state index in [4.69, 9.17) is 14.5 Å². The third-order valence-electron chi connectivity index (χ3n) is 1.91. The fraction of sp³-hybridized carbons (Fsp3) is 0. The molecule has 1 radical (unpaired) electrons. The van der Waals surface area contributed by atoms with Crippen molar-refractivity contribution in [3.63, 3.8) is 0 Å². The Morgan fingerprint density at radius 2 is 2.20 bits per heavy atom. The molecule has 0 saturated carbocycles. The van der Waals surface area contributed by atoms with Crippen molar-refractivity contribution in [1.29, 1.82) is 0 Å². The quantitative estimate of drug-likeness (QED) is 0.731. The molecule has 0 amide bonds. The SMILES string of the molecule is O=C(O)c1ccc2cc(O[B]O)oc2c1. The van der Waals surface area contributed by atoms with E-state index in [-0.39, 0.29) is 11.5 Å². The Hall–Kier alpha value is -1.95. The lowest BCUT2D eigenvalue weighted by molar-refractivity contribution is 0.0697. The Morgan fingerprint density at radius 1 is 1.40 bits per heavy atom. The predicted octanol–water partition coefficient (Wildman–Crippen LogP) is 1.04. The molecule has 2 rings (SSSR count). The fourth-order valence-corrected chi connectivity index (χ4v) is 1.25. The maximum atomic E-state index is 10.7. The van der Waals surface area contributed by atoms with E-state index < -0.39 is 5.97 Å². The van der Waals surface area contributed by atoms with Crippen molar-refractivity contribution in [3.8, 4) is 5.95 Å². The van der Waals surface area contributed by atoms with Crippen LogP contribution in [0.4, 0.5) is 0 Å². The molecular weight excluding hydrogens is 199 g/mol. The van der Waals surface area contributed by atoms with E-state index in [0.29, 0.717) is 18.7 Å². The van der Waals surface area contributed by atoms with Gasteiger partial charge in [-0.25, -0.2) is 4.79 Å². The molecule has 0 spiro atoms. The summed E-state index contributed by atoms with van der Waals surface area (Å²) in [7, 11) is 0.496. The molecule has 0 aliphatic rings. The topological polar surface area (TPSA) is 79.9 Å². The number of hydrogen-bond acceptors (Lipinski definition) is 4. The summed E-state index contributed by atoms with van der Waals surface area (Å²) in [5, 5.41) is 17.8. The number of rotatable bonds is 3. The van der Waals surface area contributed by atoms with Gasteiger partial charge in [-0.15, -0.1) is 0 Å². The van der Waals surface area contributed by atoms with Crippen molar-refractivity contribution in [2.45, 2.75) is 0 Å². The second-order valence-corrected chi connectivity index (χ2v) is 2.85. The number of hydrogen-bond donors (Lipinski definition) is 2. The van der Waals surface area contributed by atoms with Gasteiger partial charge < -0.3 is 19.2 Å². The van der Waals surface area contributed by atoms with Crippen LogP contribution in [0.1, 0.15) is 10.4 Å². The molecule has 0 unspecified atom stereocenters. The van der Waals surface area contributed by atoms with Gasteiger partial charge in [0.05, 0.1) is 5.56 Å². The second-order valence-electron chi connectivity index (χ2n) is 2.85. The van der Waals surface area contributed by atoms with Crippen LogP contribution in [0.2, 0.25) is 0 Å². The van der Waals surface area contributed by atoms with Crippen LogP contribution >= 0.6 is 0 Å². The summed E-state index contributed by atoms with van der Waals surface area (Å²) in [6, 6.07) is 6.01. The average Bonchev–Trinajstić information content (AvgIpc) is 2.59. The minimum atomic E-state index is -1.02. The van der Waals surface area contributed by atoms with Crippen LogP contribution in [0.25, 0.3) is 11.0 Å². The van der Waals surface area contributed by atoms with Crippen molar-refractivity contribution < 1.29 is 24.0 Å². The Balaban J connectivity index is 2.47. The zero-order chi connectivity index (χ0) is 10.8. The molecule has 0 saturated heterocycles. The maximum absolute atomic E-state index is 10.7. The maximum Gasteiger partial charge on any atom is 0.571 e. The van der Waals surface area contributed by atoms with Gasteiger partial charge in [0.1, 0.15) is 5.58 Å². The molecular formula is C9H6BO5. The molecule has 0 aliphatic carbocycles. The van der Waals surface area contributed by atoms with Crippen LogP contribution in [-0.2, 0) is 0 Å². The third kappa shape index (κ3) is 1.80. The molecule has 0 aliphatic heterocycles. The Morgan fingerprint density at radius 3 is 2.87 bits per heavy atom. The van der Waals surface area contributed by atoms with E-state index in [0.717, 1.165) is 0 Å². The van der Waals surface area contributed by atoms with Crippen molar-refractivity contribution in [3.05, 3.63) is 29.8 Å². The van der Waals surface area contributed by atoms with Crippen molar-refractivity contribution >= 4 is 24.6 Å². The first-order valence-corrected chi connectivity index (χ1v) is 4.10. The first kappa shape index (κ1) is 9.60. The summed E-state index contributed by atoms with van der Waals surface area (Å²) in [5.74, 6) is -0.917. The van der Waals surface area contributed by atoms with E-state index in [2.05, 4.69) is 4.65 Å². The number of fused-ring (bicyclic) bond motifs is 1. The Labute approximate surface area is 85.2 Å². The molecule has 5 nitrogen and oxygen atoms in total.